The van der Waals surface area contributed by atoms with Gasteiger partial charge in [0.2, 0.25) is 5.88 Å². The number of ether oxygens (including phenoxy) is 2. The molecule has 5 nitrogen and oxygen atoms in total. The van der Waals surface area contributed by atoms with Crippen molar-refractivity contribution < 1.29 is 14.3 Å². The predicted octanol–water partition coefficient (Wildman–Crippen LogP) is 3.09. The van der Waals surface area contributed by atoms with E-state index in [4.69, 9.17) is 9.47 Å². The van der Waals surface area contributed by atoms with Gasteiger partial charge in [-0.05, 0) is 19.2 Å². The van der Waals surface area contributed by atoms with Crippen LogP contribution in [0.3, 0.4) is 0 Å². The molecule has 0 saturated carbocycles. The van der Waals surface area contributed by atoms with Crippen molar-refractivity contribution in [3.63, 3.8) is 0 Å². The fourth-order valence-corrected chi connectivity index (χ4v) is 2.41. The molecule has 0 saturated heterocycles. The van der Waals surface area contributed by atoms with Crippen LogP contribution in [0.2, 0.25) is 25.7 Å². The average Bonchev–Trinajstić information content (AvgIpc) is 2.37. The zero-order valence-corrected chi connectivity index (χ0v) is 14.5. The highest BCUT2D eigenvalue weighted by Crippen LogP contribution is 2.20. The Hall–Kier alpha value is -1.08. The van der Waals surface area contributed by atoms with Gasteiger partial charge in [0.15, 0.2) is 5.16 Å². The van der Waals surface area contributed by atoms with Gasteiger partial charge in [0.25, 0.3) is 0 Å². The molecule has 0 atom stereocenters. The summed E-state index contributed by atoms with van der Waals surface area (Å²) in [4.78, 5) is 20.2. The van der Waals surface area contributed by atoms with Crippen molar-refractivity contribution in [1.29, 1.82) is 0 Å². The molecule has 0 radical (unpaired) electrons. The van der Waals surface area contributed by atoms with Gasteiger partial charge >= 0.3 is 5.97 Å². The smallest absolute Gasteiger partial charge is 0.345 e. The van der Waals surface area contributed by atoms with Gasteiger partial charge in [-0.2, -0.15) is 4.98 Å². The minimum atomic E-state index is -1.18. The Labute approximate surface area is 125 Å². The Morgan fingerprint density at radius 3 is 2.65 bits per heavy atom. The van der Waals surface area contributed by atoms with Gasteiger partial charge in [0, 0.05) is 14.3 Å². The summed E-state index contributed by atoms with van der Waals surface area (Å²) >= 11 is 1.41. The number of esters is 1. The third kappa shape index (κ3) is 5.50. The number of thioether (sulfide) groups is 1. The second kappa shape index (κ2) is 7.63. The van der Waals surface area contributed by atoms with E-state index in [9.17, 15) is 4.79 Å². The highest BCUT2D eigenvalue weighted by molar-refractivity contribution is 7.98. The molecule has 0 unspecified atom stereocenters. The number of nitrogens with zero attached hydrogens (tertiary/aromatic N) is 2. The monoisotopic (exact) mass is 314 g/mol. The van der Waals surface area contributed by atoms with Gasteiger partial charge in [-0.1, -0.05) is 31.4 Å². The van der Waals surface area contributed by atoms with Crippen LogP contribution in [0.4, 0.5) is 0 Å². The molecule has 0 N–H and O–H groups in total. The molecule has 0 aliphatic carbocycles. The second-order valence-electron chi connectivity index (χ2n) is 5.46. The maximum Gasteiger partial charge on any atom is 0.345 e. The van der Waals surface area contributed by atoms with Crippen LogP contribution in [0.5, 0.6) is 5.88 Å². The summed E-state index contributed by atoms with van der Waals surface area (Å²) in [5.74, 6) is -0.121. The topological polar surface area (TPSA) is 61.3 Å². The van der Waals surface area contributed by atoms with Crippen LogP contribution in [0.1, 0.15) is 17.3 Å². The molecule has 1 heterocycles. The molecule has 112 valence electrons. The van der Waals surface area contributed by atoms with Gasteiger partial charge in [-0.25, -0.2) is 9.78 Å². The van der Waals surface area contributed by atoms with E-state index in [-0.39, 0.29) is 0 Å². The van der Waals surface area contributed by atoms with E-state index in [0.717, 1.165) is 6.04 Å². The highest BCUT2D eigenvalue weighted by Gasteiger charge is 2.19. The summed E-state index contributed by atoms with van der Waals surface area (Å²) in [6, 6.07) is 1.01. The first-order valence-corrected chi connectivity index (χ1v) is 11.5. The number of carbonyl (C=O) groups is 1. The molecule has 20 heavy (non-hydrogen) atoms. The van der Waals surface area contributed by atoms with Gasteiger partial charge in [0.05, 0.1) is 13.2 Å². The molecule has 1 aromatic rings. The van der Waals surface area contributed by atoms with Crippen LogP contribution in [0.15, 0.2) is 11.4 Å². The Morgan fingerprint density at radius 2 is 2.10 bits per heavy atom. The fraction of sp³-hybridized carbons (Fsp3) is 0.615. The van der Waals surface area contributed by atoms with Crippen molar-refractivity contribution in [3.8, 4) is 5.88 Å². The maximum atomic E-state index is 11.8. The first-order chi connectivity index (χ1) is 9.37. The largest absolute Gasteiger partial charge is 0.477 e. The molecule has 0 aromatic carbocycles. The van der Waals surface area contributed by atoms with E-state index < -0.39 is 14.0 Å². The summed E-state index contributed by atoms with van der Waals surface area (Å²) in [6.07, 6.45) is 3.35. The molecular weight excluding hydrogens is 292 g/mol. The fourth-order valence-electron chi connectivity index (χ4n) is 1.36. The minimum Gasteiger partial charge on any atom is -0.477 e. The Kier molecular flexibility index (Phi) is 6.48. The lowest BCUT2D eigenvalue weighted by atomic mass is 10.3. The van der Waals surface area contributed by atoms with Gasteiger partial charge in [0.1, 0.15) is 5.56 Å². The van der Waals surface area contributed by atoms with E-state index in [0.29, 0.717) is 29.8 Å². The lowest BCUT2D eigenvalue weighted by molar-refractivity contribution is 0.0520. The lowest BCUT2D eigenvalue weighted by Crippen LogP contribution is -2.23. The molecule has 0 fully saturated rings. The van der Waals surface area contributed by atoms with E-state index in [2.05, 4.69) is 29.6 Å². The number of rotatable bonds is 7. The standard InChI is InChI=1S/C13H22N2O3SSi/c1-6-17-12(16)10-9-14-13(19-2)15-11(10)18-7-8-20(3,4)5/h9H,6-8H2,1-5H3. The third-order valence-electron chi connectivity index (χ3n) is 2.50. The molecular formula is C13H22N2O3SSi. The van der Waals surface area contributed by atoms with E-state index in [1.165, 1.54) is 18.0 Å². The van der Waals surface area contributed by atoms with Crippen molar-refractivity contribution in [2.45, 2.75) is 37.8 Å². The molecule has 1 rings (SSSR count). The van der Waals surface area contributed by atoms with Crippen molar-refractivity contribution in [3.05, 3.63) is 11.8 Å². The molecule has 0 aliphatic rings. The summed E-state index contributed by atoms with van der Waals surface area (Å²) in [5.41, 5.74) is 0.292. The van der Waals surface area contributed by atoms with Crippen LogP contribution < -0.4 is 4.74 Å². The highest BCUT2D eigenvalue weighted by atomic mass is 32.2. The summed E-state index contributed by atoms with van der Waals surface area (Å²) in [6.45, 7) is 9.47. The Balaban J connectivity index is 2.86. The van der Waals surface area contributed by atoms with Crippen LogP contribution in [0, 0.1) is 0 Å². The van der Waals surface area contributed by atoms with E-state index >= 15 is 0 Å². The van der Waals surface area contributed by atoms with Crippen molar-refractivity contribution in [2.75, 3.05) is 19.5 Å². The third-order valence-corrected chi connectivity index (χ3v) is 4.77. The zero-order chi connectivity index (χ0) is 15.2. The quantitative estimate of drug-likeness (QED) is 0.333. The van der Waals surface area contributed by atoms with E-state index in [1.54, 1.807) is 6.92 Å². The molecule has 0 aliphatic heterocycles. The number of hydrogen-bond donors (Lipinski definition) is 0. The number of carbonyl (C=O) groups excluding carboxylic acids is 1. The second-order valence-corrected chi connectivity index (χ2v) is 11.8. The summed E-state index contributed by atoms with van der Waals surface area (Å²) in [7, 11) is -1.18. The van der Waals surface area contributed by atoms with Crippen molar-refractivity contribution >= 4 is 25.8 Å². The van der Waals surface area contributed by atoms with Crippen molar-refractivity contribution in [2.24, 2.45) is 0 Å². The minimum absolute atomic E-state index is 0.292. The summed E-state index contributed by atoms with van der Waals surface area (Å²) in [5, 5.41) is 0.584. The maximum absolute atomic E-state index is 11.8. The van der Waals surface area contributed by atoms with Crippen LogP contribution >= 0.6 is 11.8 Å². The Bertz CT molecular complexity index is 463. The van der Waals surface area contributed by atoms with Crippen LogP contribution in [-0.4, -0.2) is 43.5 Å². The first-order valence-electron chi connectivity index (χ1n) is 6.58. The van der Waals surface area contributed by atoms with Crippen LogP contribution in [0.25, 0.3) is 0 Å². The average molecular weight is 314 g/mol. The Morgan fingerprint density at radius 1 is 1.40 bits per heavy atom. The number of hydrogen-bond acceptors (Lipinski definition) is 6. The molecule has 0 spiro atoms. The van der Waals surface area contributed by atoms with E-state index in [1.807, 2.05) is 6.26 Å². The SMILES string of the molecule is CCOC(=O)c1cnc(SC)nc1OCC[Si](C)(C)C. The molecule has 0 amide bonds. The van der Waals surface area contributed by atoms with Crippen molar-refractivity contribution in [1.82, 2.24) is 9.97 Å². The normalized spacial score (nSPS) is 11.2. The number of aromatic nitrogens is 2. The zero-order valence-electron chi connectivity index (χ0n) is 12.7. The molecule has 1 aromatic heterocycles. The van der Waals surface area contributed by atoms with Gasteiger partial charge in [-0.15, -0.1) is 0 Å². The van der Waals surface area contributed by atoms with Crippen LogP contribution in [-0.2, 0) is 4.74 Å². The first kappa shape index (κ1) is 17.0. The predicted molar refractivity (Wildman–Crippen MR) is 83.4 cm³/mol. The lowest BCUT2D eigenvalue weighted by Gasteiger charge is -2.16. The summed E-state index contributed by atoms with van der Waals surface area (Å²) < 4.78 is 10.7. The van der Waals surface area contributed by atoms with Gasteiger partial charge in [-0.3, -0.25) is 0 Å². The van der Waals surface area contributed by atoms with Gasteiger partial charge < -0.3 is 9.47 Å². The molecule has 0 bridgehead atoms. The molecule has 7 heteroatoms.